The van der Waals surface area contributed by atoms with E-state index in [1.807, 2.05) is 24.0 Å². The monoisotopic (exact) mass is 416 g/mol. The lowest BCUT2D eigenvalue weighted by atomic mass is 10.0. The standard InChI is InChI=1S/C25H32N6/c1-20-6-3-8-22(16-20)19-30-14-10-23(11-15-30)29-25(26-2)27-18-21-7-4-9-24(17-21)31-13-5-12-28-31/h3-9,12-13,16-17,23H,10-11,14-15,18-19H2,1-2H3,(H2,26,27,29). The molecule has 0 saturated carbocycles. The summed E-state index contributed by atoms with van der Waals surface area (Å²) in [5, 5.41) is 11.4. The molecule has 0 radical (unpaired) electrons. The Kier molecular flexibility index (Phi) is 6.99. The maximum absolute atomic E-state index is 4.43. The fourth-order valence-electron chi connectivity index (χ4n) is 4.11. The van der Waals surface area contributed by atoms with Crippen LogP contribution in [0.1, 0.15) is 29.5 Å². The number of nitrogens with zero attached hydrogens (tertiary/aromatic N) is 4. The lowest BCUT2D eigenvalue weighted by Gasteiger charge is -2.33. The van der Waals surface area contributed by atoms with Crippen molar-refractivity contribution in [3.05, 3.63) is 83.7 Å². The number of rotatable bonds is 6. The van der Waals surface area contributed by atoms with Crippen LogP contribution >= 0.6 is 0 Å². The molecule has 31 heavy (non-hydrogen) atoms. The largest absolute Gasteiger partial charge is 0.354 e. The van der Waals surface area contributed by atoms with Gasteiger partial charge in [0.05, 0.1) is 5.69 Å². The predicted octanol–water partition coefficient (Wildman–Crippen LogP) is 3.51. The second-order valence-electron chi connectivity index (χ2n) is 8.23. The molecule has 1 aliphatic rings. The first kappa shape index (κ1) is 21.1. The Morgan fingerprint density at radius 1 is 1.06 bits per heavy atom. The average Bonchev–Trinajstić information content (AvgIpc) is 3.33. The molecule has 4 rings (SSSR count). The average molecular weight is 417 g/mol. The molecule has 0 atom stereocenters. The fraction of sp³-hybridized carbons (Fsp3) is 0.360. The summed E-state index contributed by atoms with van der Waals surface area (Å²) in [6.45, 7) is 6.13. The smallest absolute Gasteiger partial charge is 0.191 e. The molecule has 2 heterocycles. The zero-order valence-corrected chi connectivity index (χ0v) is 18.5. The van der Waals surface area contributed by atoms with Crippen molar-refractivity contribution in [1.29, 1.82) is 0 Å². The summed E-state index contributed by atoms with van der Waals surface area (Å²) in [5.74, 6) is 0.863. The molecule has 1 aromatic heterocycles. The normalized spacial score (nSPS) is 15.7. The number of aryl methyl sites for hydroxylation is 1. The highest BCUT2D eigenvalue weighted by atomic mass is 15.3. The number of aliphatic imine (C=N–C) groups is 1. The van der Waals surface area contributed by atoms with Crippen LogP contribution in [0.25, 0.3) is 5.69 Å². The van der Waals surface area contributed by atoms with Crippen LogP contribution in [0.15, 0.2) is 72.0 Å². The second-order valence-corrected chi connectivity index (χ2v) is 8.23. The van der Waals surface area contributed by atoms with E-state index in [4.69, 9.17) is 0 Å². The third-order valence-corrected chi connectivity index (χ3v) is 5.78. The Hall–Kier alpha value is -3.12. The Balaban J connectivity index is 1.24. The van der Waals surface area contributed by atoms with Crippen molar-refractivity contribution in [1.82, 2.24) is 25.3 Å². The van der Waals surface area contributed by atoms with Gasteiger partial charge in [0.15, 0.2) is 5.96 Å². The molecule has 0 unspecified atom stereocenters. The highest BCUT2D eigenvalue weighted by Crippen LogP contribution is 2.15. The third kappa shape index (κ3) is 5.95. The van der Waals surface area contributed by atoms with E-state index in [-0.39, 0.29) is 0 Å². The Morgan fingerprint density at radius 3 is 2.61 bits per heavy atom. The van der Waals surface area contributed by atoms with Crippen LogP contribution in [-0.2, 0) is 13.1 Å². The number of benzene rings is 2. The van der Waals surface area contributed by atoms with E-state index in [0.717, 1.165) is 50.7 Å². The molecule has 6 heteroatoms. The molecule has 2 aromatic carbocycles. The molecule has 1 aliphatic heterocycles. The zero-order valence-electron chi connectivity index (χ0n) is 18.5. The highest BCUT2D eigenvalue weighted by Gasteiger charge is 2.20. The van der Waals surface area contributed by atoms with Crippen LogP contribution in [0.5, 0.6) is 0 Å². The number of hydrogen-bond acceptors (Lipinski definition) is 3. The maximum Gasteiger partial charge on any atom is 0.191 e. The minimum atomic E-state index is 0.454. The van der Waals surface area contributed by atoms with Gasteiger partial charge in [-0.25, -0.2) is 4.68 Å². The Bertz CT molecular complexity index is 987. The second kappa shape index (κ2) is 10.3. The number of nitrogens with one attached hydrogen (secondary N) is 2. The van der Waals surface area contributed by atoms with Crippen LogP contribution in [0.4, 0.5) is 0 Å². The van der Waals surface area contributed by atoms with Crippen LogP contribution in [0, 0.1) is 6.92 Å². The summed E-state index contributed by atoms with van der Waals surface area (Å²) in [5.41, 5.74) is 5.00. The molecule has 3 aromatic rings. The van der Waals surface area contributed by atoms with Gasteiger partial charge in [0.2, 0.25) is 0 Å². The summed E-state index contributed by atoms with van der Waals surface area (Å²) in [7, 11) is 1.84. The molecule has 0 aliphatic carbocycles. The van der Waals surface area contributed by atoms with Crippen molar-refractivity contribution in [2.24, 2.45) is 4.99 Å². The zero-order chi connectivity index (χ0) is 21.5. The van der Waals surface area contributed by atoms with E-state index in [0.29, 0.717) is 6.04 Å². The third-order valence-electron chi connectivity index (χ3n) is 5.78. The lowest BCUT2D eigenvalue weighted by Crippen LogP contribution is -2.48. The molecule has 6 nitrogen and oxygen atoms in total. The van der Waals surface area contributed by atoms with E-state index in [2.05, 4.69) is 81.1 Å². The van der Waals surface area contributed by atoms with Crippen LogP contribution < -0.4 is 10.6 Å². The van der Waals surface area contributed by atoms with Crippen molar-refractivity contribution in [2.75, 3.05) is 20.1 Å². The summed E-state index contributed by atoms with van der Waals surface area (Å²) in [6, 6.07) is 19.6. The molecular weight excluding hydrogens is 384 g/mol. The first-order valence-electron chi connectivity index (χ1n) is 11.0. The van der Waals surface area contributed by atoms with Crippen molar-refractivity contribution in [3.8, 4) is 5.69 Å². The first-order valence-corrected chi connectivity index (χ1v) is 11.0. The maximum atomic E-state index is 4.43. The van der Waals surface area contributed by atoms with E-state index < -0.39 is 0 Å². The quantitative estimate of drug-likeness (QED) is 0.477. The van der Waals surface area contributed by atoms with Gasteiger partial charge in [-0.3, -0.25) is 9.89 Å². The lowest BCUT2D eigenvalue weighted by molar-refractivity contribution is 0.198. The highest BCUT2D eigenvalue weighted by molar-refractivity contribution is 5.80. The molecule has 0 spiro atoms. The van der Waals surface area contributed by atoms with Crippen LogP contribution in [0.3, 0.4) is 0 Å². The Labute approximate surface area is 185 Å². The topological polar surface area (TPSA) is 57.5 Å². The van der Waals surface area contributed by atoms with Gasteiger partial charge in [0, 0.05) is 51.7 Å². The van der Waals surface area contributed by atoms with Gasteiger partial charge in [-0.15, -0.1) is 0 Å². The molecule has 1 fully saturated rings. The molecule has 2 N–H and O–H groups in total. The molecule has 0 bridgehead atoms. The summed E-state index contributed by atoms with van der Waals surface area (Å²) < 4.78 is 1.88. The molecule has 0 amide bonds. The van der Waals surface area contributed by atoms with Crippen molar-refractivity contribution in [3.63, 3.8) is 0 Å². The van der Waals surface area contributed by atoms with Crippen LogP contribution in [-0.4, -0.2) is 46.8 Å². The first-order chi connectivity index (χ1) is 15.2. The van der Waals surface area contributed by atoms with Crippen molar-refractivity contribution >= 4 is 5.96 Å². The SMILES string of the molecule is CN=C(NCc1cccc(-n2cccn2)c1)NC1CCN(Cc2cccc(C)c2)CC1. The summed E-state index contributed by atoms with van der Waals surface area (Å²) >= 11 is 0. The number of aromatic nitrogens is 2. The van der Waals surface area contributed by atoms with Crippen molar-refractivity contribution < 1.29 is 0 Å². The number of likely N-dealkylation sites (tertiary alicyclic amines) is 1. The van der Waals surface area contributed by atoms with Gasteiger partial charge in [-0.05, 0) is 49.1 Å². The van der Waals surface area contributed by atoms with Crippen LogP contribution in [0.2, 0.25) is 0 Å². The predicted molar refractivity (Wildman–Crippen MR) is 126 cm³/mol. The molecule has 162 valence electrons. The molecular formula is C25H32N6. The summed E-state index contributed by atoms with van der Waals surface area (Å²) in [4.78, 5) is 6.97. The van der Waals surface area contributed by atoms with Gasteiger partial charge in [0.1, 0.15) is 0 Å². The van der Waals surface area contributed by atoms with Gasteiger partial charge in [-0.2, -0.15) is 5.10 Å². The summed E-state index contributed by atoms with van der Waals surface area (Å²) in [6.07, 6.45) is 6.00. The number of piperidine rings is 1. The van der Waals surface area contributed by atoms with Gasteiger partial charge in [-0.1, -0.05) is 42.0 Å². The van der Waals surface area contributed by atoms with Gasteiger partial charge < -0.3 is 10.6 Å². The number of guanidine groups is 1. The van der Waals surface area contributed by atoms with E-state index in [9.17, 15) is 0 Å². The van der Waals surface area contributed by atoms with E-state index in [1.54, 1.807) is 6.20 Å². The number of hydrogen-bond donors (Lipinski definition) is 2. The van der Waals surface area contributed by atoms with E-state index >= 15 is 0 Å². The Morgan fingerprint density at radius 2 is 1.87 bits per heavy atom. The minimum Gasteiger partial charge on any atom is -0.354 e. The van der Waals surface area contributed by atoms with E-state index in [1.165, 1.54) is 16.7 Å². The fourth-order valence-corrected chi connectivity index (χ4v) is 4.11. The minimum absolute atomic E-state index is 0.454. The van der Waals surface area contributed by atoms with Crippen molar-refractivity contribution in [2.45, 2.75) is 38.9 Å². The molecule has 1 saturated heterocycles. The van der Waals surface area contributed by atoms with Gasteiger partial charge in [0.25, 0.3) is 0 Å². The van der Waals surface area contributed by atoms with Gasteiger partial charge >= 0.3 is 0 Å².